The van der Waals surface area contributed by atoms with Gasteiger partial charge >= 0.3 is 0 Å². The van der Waals surface area contributed by atoms with Gasteiger partial charge in [0.15, 0.2) is 0 Å². The van der Waals surface area contributed by atoms with Crippen molar-refractivity contribution >= 4 is 5.69 Å². The largest absolute Gasteiger partial charge is 0.366 e. The summed E-state index contributed by atoms with van der Waals surface area (Å²) in [5.41, 5.74) is 7.70. The molecular formula is C17H28FN3. The van der Waals surface area contributed by atoms with Crippen molar-refractivity contribution in [2.45, 2.75) is 45.7 Å². The molecule has 1 aliphatic rings. The molecule has 1 saturated heterocycles. The smallest absolute Gasteiger partial charge is 0.146 e. The zero-order chi connectivity index (χ0) is 15.4. The van der Waals surface area contributed by atoms with Crippen LogP contribution in [0.15, 0.2) is 18.2 Å². The second-order valence-electron chi connectivity index (χ2n) is 6.21. The van der Waals surface area contributed by atoms with Crippen molar-refractivity contribution in [1.82, 2.24) is 4.90 Å². The molecule has 0 aromatic heterocycles. The first-order chi connectivity index (χ1) is 10.0. The molecule has 1 fully saturated rings. The van der Waals surface area contributed by atoms with Crippen LogP contribution in [-0.2, 0) is 6.42 Å². The molecule has 0 aliphatic carbocycles. The van der Waals surface area contributed by atoms with E-state index in [-0.39, 0.29) is 11.9 Å². The van der Waals surface area contributed by atoms with E-state index >= 15 is 0 Å². The Kier molecular flexibility index (Phi) is 5.59. The van der Waals surface area contributed by atoms with Crippen molar-refractivity contribution in [3.05, 3.63) is 29.6 Å². The van der Waals surface area contributed by atoms with Gasteiger partial charge in [0.05, 0.1) is 5.69 Å². The molecule has 0 amide bonds. The van der Waals surface area contributed by atoms with Crippen molar-refractivity contribution in [2.75, 3.05) is 31.1 Å². The molecule has 2 rings (SSSR count). The van der Waals surface area contributed by atoms with E-state index in [1.165, 1.54) is 0 Å². The molecule has 21 heavy (non-hydrogen) atoms. The molecule has 0 bridgehead atoms. The average molecular weight is 293 g/mol. The van der Waals surface area contributed by atoms with E-state index in [2.05, 4.69) is 23.6 Å². The van der Waals surface area contributed by atoms with Crippen molar-refractivity contribution in [2.24, 2.45) is 5.73 Å². The number of rotatable bonds is 5. The van der Waals surface area contributed by atoms with E-state index in [1.54, 1.807) is 12.1 Å². The lowest BCUT2D eigenvalue weighted by Crippen LogP contribution is -2.50. The number of nitrogens with two attached hydrogens (primary N) is 1. The molecule has 1 aromatic rings. The highest BCUT2D eigenvalue weighted by Gasteiger charge is 2.23. The second kappa shape index (κ2) is 7.23. The maximum atomic E-state index is 14.3. The van der Waals surface area contributed by atoms with Crippen molar-refractivity contribution < 1.29 is 4.39 Å². The Bertz CT molecular complexity index is 453. The zero-order valence-corrected chi connectivity index (χ0v) is 13.5. The molecule has 2 N–H and O–H groups in total. The standard InChI is InChI=1S/C17H28FN3/c1-4-14(3)20-8-10-21(11-9-20)17-15(12-13(2)19)6-5-7-16(17)18/h5-7,13-14H,4,8-12,19H2,1-3H3. The third-order valence-corrected chi connectivity index (χ3v) is 4.46. The van der Waals surface area contributed by atoms with E-state index in [0.29, 0.717) is 6.04 Å². The maximum Gasteiger partial charge on any atom is 0.146 e. The lowest BCUT2D eigenvalue weighted by Gasteiger charge is -2.39. The highest BCUT2D eigenvalue weighted by atomic mass is 19.1. The third-order valence-electron chi connectivity index (χ3n) is 4.46. The molecule has 0 radical (unpaired) electrons. The van der Waals surface area contributed by atoms with E-state index in [0.717, 1.165) is 50.3 Å². The topological polar surface area (TPSA) is 32.5 Å². The fourth-order valence-corrected chi connectivity index (χ4v) is 3.07. The zero-order valence-electron chi connectivity index (χ0n) is 13.5. The maximum absolute atomic E-state index is 14.3. The predicted molar refractivity (Wildman–Crippen MR) is 87.3 cm³/mol. The van der Waals surface area contributed by atoms with Crippen LogP contribution < -0.4 is 10.6 Å². The normalized spacial score (nSPS) is 19.6. The van der Waals surface area contributed by atoms with Gasteiger partial charge in [-0.05, 0) is 38.3 Å². The monoisotopic (exact) mass is 293 g/mol. The Balaban J connectivity index is 2.12. The van der Waals surface area contributed by atoms with Crippen LogP contribution in [0.3, 0.4) is 0 Å². The lowest BCUT2D eigenvalue weighted by molar-refractivity contribution is 0.192. The molecule has 1 aromatic carbocycles. The van der Waals surface area contributed by atoms with E-state index in [1.807, 2.05) is 13.0 Å². The summed E-state index contributed by atoms with van der Waals surface area (Å²) in [6, 6.07) is 6.00. The van der Waals surface area contributed by atoms with E-state index in [9.17, 15) is 4.39 Å². The molecule has 3 nitrogen and oxygen atoms in total. The quantitative estimate of drug-likeness (QED) is 0.906. The molecule has 0 spiro atoms. The van der Waals surface area contributed by atoms with Crippen LogP contribution in [0.4, 0.5) is 10.1 Å². The fraction of sp³-hybridized carbons (Fsp3) is 0.647. The minimum Gasteiger partial charge on any atom is -0.366 e. The minimum atomic E-state index is -0.120. The number of hydrogen-bond acceptors (Lipinski definition) is 3. The van der Waals surface area contributed by atoms with Gasteiger partial charge in [-0.2, -0.15) is 0 Å². The number of para-hydroxylation sites is 1. The highest BCUT2D eigenvalue weighted by molar-refractivity contribution is 5.55. The molecule has 1 aliphatic heterocycles. The molecule has 2 atom stereocenters. The van der Waals surface area contributed by atoms with Crippen molar-refractivity contribution in [3.63, 3.8) is 0 Å². The molecule has 1 heterocycles. The Morgan fingerprint density at radius 1 is 1.19 bits per heavy atom. The fourth-order valence-electron chi connectivity index (χ4n) is 3.07. The van der Waals surface area contributed by atoms with Crippen LogP contribution in [0.1, 0.15) is 32.8 Å². The molecule has 0 saturated carbocycles. The first kappa shape index (κ1) is 16.2. The molecule has 4 heteroatoms. The number of anilines is 1. The van der Waals surface area contributed by atoms with Crippen molar-refractivity contribution in [1.29, 1.82) is 0 Å². The minimum absolute atomic E-state index is 0.0481. The summed E-state index contributed by atoms with van der Waals surface area (Å²) in [6.45, 7) is 10.2. The summed E-state index contributed by atoms with van der Waals surface area (Å²) in [5.74, 6) is -0.120. The van der Waals surface area contributed by atoms with Crippen molar-refractivity contribution in [3.8, 4) is 0 Å². The summed E-state index contributed by atoms with van der Waals surface area (Å²) < 4.78 is 14.3. The Labute approximate surface area is 127 Å². The summed E-state index contributed by atoms with van der Waals surface area (Å²) >= 11 is 0. The van der Waals surface area contributed by atoms with E-state index < -0.39 is 0 Å². The van der Waals surface area contributed by atoms with Crippen LogP contribution in [0, 0.1) is 5.82 Å². The first-order valence-electron chi connectivity index (χ1n) is 8.04. The van der Waals surface area contributed by atoms with Crippen LogP contribution in [-0.4, -0.2) is 43.2 Å². The van der Waals surface area contributed by atoms with E-state index in [4.69, 9.17) is 5.73 Å². The summed E-state index contributed by atoms with van der Waals surface area (Å²) in [7, 11) is 0. The van der Waals surface area contributed by atoms with Gasteiger partial charge in [0, 0.05) is 38.3 Å². The second-order valence-corrected chi connectivity index (χ2v) is 6.21. The number of benzene rings is 1. The SMILES string of the molecule is CCC(C)N1CCN(c2c(F)cccc2CC(C)N)CC1. The summed E-state index contributed by atoms with van der Waals surface area (Å²) in [4.78, 5) is 4.68. The molecular weight excluding hydrogens is 265 g/mol. The van der Waals surface area contributed by atoms with Gasteiger partial charge in [-0.3, -0.25) is 4.90 Å². The number of piperazine rings is 1. The Morgan fingerprint density at radius 3 is 2.43 bits per heavy atom. The van der Waals surface area contributed by atoms with Gasteiger partial charge in [0.1, 0.15) is 5.82 Å². The predicted octanol–water partition coefficient (Wildman–Crippen LogP) is 2.64. The van der Waals surface area contributed by atoms with Crippen LogP contribution in [0.2, 0.25) is 0 Å². The third kappa shape index (κ3) is 3.95. The molecule has 2 unspecified atom stereocenters. The van der Waals surface area contributed by atoms with Crippen LogP contribution in [0.5, 0.6) is 0 Å². The van der Waals surface area contributed by atoms with Crippen LogP contribution >= 0.6 is 0 Å². The highest BCUT2D eigenvalue weighted by Crippen LogP contribution is 2.27. The Morgan fingerprint density at radius 2 is 1.86 bits per heavy atom. The summed E-state index contributed by atoms with van der Waals surface area (Å²) in [5, 5.41) is 0. The number of hydrogen-bond donors (Lipinski definition) is 1. The first-order valence-corrected chi connectivity index (χ1v) is 8.04. The van der Waals surface area contributed by atoms with Gasteiger partial charge in [0.25, 0.3) is 0 Å². The lowest BCUT2D eigenvalue weighted by atomic mass is 10.0. The summed E-state index contributed by atoms with van der Waals surface area (Å²) in [6.07, 6.45) is 1.88. The van der Waals surface area contributed by atoms with Gasteiger partial charge < -0.3 is 10.6 Å². The molecule has 118 valence electrons. The van der Waals surface area contributed by atoms with Gasteiger partial charge in [0.2, 0.25) is 0 Å². The van der Waals surface area contributed by atoms with Gasteiger partial charge in [-0.15, -0.1) is 0 Å². The van der Waals surface area contributed by atoms with Gasteiger partial charge in [-0.1, -0.05) is 19.1 Å². The Hall–Kier alpha value is -1.13. The number of nitrogens with zero attached hydrogens (tertiary/aromatic N) is 2. The number of halogens is 1. The van der Waals surface area contributed by atoms with Gasteiger partial charge in [-0.25, -0.2) is 4.39 Å². The van der Waals surface area contributed by atoms with Crippen LogP contribution in [0.25, 0.3) is 0 Å². The average Bonchev–Trinajstić information content (AvgIpc) is 2.46.